The first-order valence-corrected chi connectivity index (χ1v) is 7.71. The van der Waals surface area contributed by atoms with Crippen LogP contribution in [-0.2, 0) is 0 Å². The number of aryl methyl sites for hydroxylation is 1. The Balaban J connectivity index is 2.31. The van der Waals surface area contributed by atoms with Crippen LogP contribution in [0.4, 0.5) is 5.69 Å². The van der Waals surface area contributed by atoms with Crippen molar-refractivity contribution < 1.29 is 19.0 Å². The molecule has 1 amide bonds. The largest absolute Gasteiger partial charge is 0.493 e. The third kappa shape index (κ3) is 3.89. The number of amides is 1. The second-order valence-corrected chi connectivity index (χ2v) is 5.30. The molecule has 0 saturated heterocycles. The average molecular weight is 351 g/mol. The summed E-state index contributed by atoms with van der Waals surface area (Å²) in [5, 5.41) is 3.03. The van der Waals surface area contributed by atoms with Gasteiger partial charge in [0.05, 0.1) is 25.8 Å². The number of carbonyl (C=O) groups is 1. The molecule has 0 bridgehead atoms. The Bertz CT molecular complexity index is 750. The standard InChI is InChI=1S/C17H19ClN2O4/c1-5-24-15-7-6-11(18)16(20-15)17(21)19-12-9-14(23-4)13(22-3)8-10(12)2/h6-9H,5H2,1-4H3,(H,19,21). The predicted molar refractivity (Wildman–Crippen MR) is 92.7 cm³/mol. The summed E-state index contributed by atoms with van der Waals surface area (Å²) in [6, 6.07) is 6.66. The molecule has 0 unspecified atom stereocenters. The van der Waals surface area contributed by atoms with Crippen LogP contribution in [0.5, 0.6) is 17.4 Å². The Morgan fingerprint density at radius 3 is 2.50 bits per heavy atom. The topological polar surface area (TPSA) is 69.7 Å². The van der Waals surface area contributed by atoms with Crippen molar-refractivity contribution in [3.8, 4) is 17.4 Å². The lowest BCUT2D eigenvalue weighted by Gasteiger charge is -2.14. The van der Waals surface area contributed by atoms with Gasteiger partial charge in [0.25, 0.3) is 5.91 Å². The first-order valence-electron chi connectivity index (χ1n) is 7.33. The Kier molecular flexibility index (Phi) is 5.87. The molecule has 6 nitrogen and oxygen atoms in total. The molecule has 0 fully saturated rings. The maximum absolute atomic E-state index is 12.5. The van der Waals surface area contributed by atoms with Crippen LogP contribution in [-0.4, -0.2) is 31.7 Å². The molecule has 0 spiro atoms. The van der Waals surface area contributed by atoms with Gasteiger partial charge in [0.2, 0.25) is 5.88 Å². The molecule has 0 aliphatic rings. The van der Waals surface area contributed by atoms with Crippen molar-refractivity contribution in [3.63, 3.8) is 0 Å². The summed E-state index contributed by atoms with van der Waals surface area (Å²) in [7, 11) is 3.08. The fourth-order valence-electron chi connectivity index (χ4n) is 2.11. The van der Waals surface area contributed by atoms with Crippen molar-refractivity contribution >= 4 is 23.2 Å². The van der Waals surface area contributed by atoms with E-state index in [1.54, 1.807) is 31.4 Å². The van der Waals surface area contributed by atoms with Gasteiger partial charge in [0, 0.05) is 17.8 Å². The molecule has 128 valence electrons. The van der Waals surface area contributed by atoms with Crippen LogP contribution < -0.4 is 19.5 Å². The molecule has 1 aromatic heterocycles. The predicted octanol–water partition coefficient (Wildman–Crippen LogP) is 3.71. The lowest BCUT2D eigenvalue weighted by molar-refractivity contribution is 0.102. The Labute approximate surface area is 145 Å². The zero-order valence-corrected chi connectivity index (χ0v) is 14.7. The molecule has 0 atom stereocenters. The molecule has 7 heteroatoms. The summed E-state index contributed by atoms with van der Waals surface area (Å²) in [5.74, 6) is 1.01. The van der Waals surface area contributed by atoms with Crippen LogP contribution in [0.15, 0.2) is 24.3 Å². The van der Waals surface area contributed by atoms with E-state index >= 15 is 0 Å². The normalized spacial score (nSPS) is 10.2. The number of methoxy groups -OCH3 is 2. The number of benzene rings is 1. The number of halogens is 1. The number of pyridine rings is 1. The van der Waals surface area contributed by atoms with Crippen LogP contribution >= 0.6 is 11.6 Å². The maximum Gasteiger partial charge on any atom is 0.275 e. The minimum Gasteiger partial charge on any atom is -0.493 e. The fourth-order valence-corrected chi connectivity index (χ4v) is 2.30. The van der Waals surface area contributed by atoms with E-state index in [1.165, 1.54) is 7.11 Å². The highest BCUT2D eigenvalue weighted by atomic mass is 35.5. The minimum atomic E-state index is -0.433. The number of nitrogens with one attached hydrogen (secondary N) is 1. The van der Waals surface area contributed by atoms with Crippen LogP contribution in [0, 0.1) is 6.92 Å². The van der Waals surface area contributed by atoms with E-state index in [4.69, 9.17) is 25.8 Å². The number of hydrogen-bond acceptors (Lipinski definition) is 5. The molecule has 24 heavy (non-hydrogen) atoms. The number of ether oxygens (including phenoxy) is 3. The van der Waals surface area contributed by atoms with Gasteiger partial charge in [0.15, 0.2) is 17.2 Å². The quantitative estimate of drug-likeness (QED) is 0.860. The van der Waals surface area contributed by atoms with Crippen molar-refractivity contribution in [2.24, 2.45) is 0 Å². The molecule has 1 aromatic carbocycles. The van der Waals surface area contributed by atoms with E-state index in [0.29, 0.717) is 29.7 Å². The molecule has 1 heterocycles. The Morgan fingerprint density at radius 1 is 1.21 bits per heavy atom. The van der Waals surface area contributed by atoms with Gasteiger partial charge in [-0.3, -0.25) is 4.79 Å². The number of anilines is 1. The number of hydrogen-bond donors (Lipinski definition) is 1. The molecule has 2 rings (SSSR count). The second-order valence-electron chi connectivity index (χ2n) is 4.89. The van der Waals surface area contributed by atoms with Gasteiger partial charge in [-0.25, -0.2) is 4.98 Å². The summed E-state index contributed by atoms with van der Waals surface area (Å²) < 4.78 is 15.8. The summed E-state index contributed by atoms with van der Waals surface area (Å²) in [6.07, 6.45) is 0. The molecule has 0 saturated carbocycles. The van der Waals surface area contributed by atoms with E-state index in [0.717, 1.165) is 5.56 Å². The highest BCUT2D eigenvalue weighted by Crippen LogP contribution is 2.33. The lowest BCUT2D eigenvalue weighted by Crippen LogP contribution is -2.16. The highest BCUT2D eigenvalue weighted by molar-refractivity contribution is 6.34. The van der Waals surface area contributed by atoms with Crippen LogP contribution in [0.1, 0.15) is 23.0 Å². The molecular weight excluding hydrogens is 332 g/mol. The van der Waals surface area contributed by atoms with E-state index in [1.807, 2.05) is 13.8 Å². The number of rotatable bonds is 6. The summed E-state index contributed by atoms with van der Waals surface area (Å²) in [4.78, 5) is 16.7. The van der Waals surface area contributed by atoms with Crippen molar-refractivity contribution in [3.05, 3.63) is 40.5 Å². The molecule has 0 radical (unpaired) electrons. The Hall–Kier alpha value is -2.47. The zero-order chi connectivity index (χ0) is 17.7. The number of nitrogens with zero attached hydrogens (tertiary/aromatic N) is 1. The second kappa shape index (κ2) is 7.88. The van der Waals surface area contributed by atoms with Crippen molar-refractivity contribution in [2.75, 3.05) is 26.1 Å². The van der Waals surface area contributed by atoms with Crippen LogP contribution in [0.3, 0.4) is 0 Å². The third-order valence-corrected chi connectivity index (χ3v) is 3.61. The molecule has 0 aliphatic carbocycles. The first kappa shape index (κ1) is 17.9. The maximum atomic E-state index is 12.5. The van der Waals surface area contributed by atoms with Gasteiger partial charge in [-0.1, -0.05) is 11.6 Å². The number of aromatic nitrogens is 1. The third-order valence-electron chi connectivity index (χ3n) is 3.31. The van der Waals surface area contributed by atoms with Crippen molar-refractivity contribution in [1.82, 2.24) is 4.98 Å². The van der Waals surface area contributed by atoms with Crippen molar-refractivity contribution in [2.45, 2.75) is 13.8 Å². The molecular formula is C17H19ClN2O4. The van der Waals surface area contributed by atoms with E-state index in [9.17, 15) is 4.79 Å². The first-order chi connectivity index (χ1) is 11.5. The molecule has 1 N–H and O–H groups in total. The van der Waals surface area contributed by atoms with Gasteiger partial charge < -0.3 is 19.5 Å². The van der Waals surface area contributed by atoms with Gasteiger partial charge in [-0.2, -0.15) is 0 Å². The van der Waals surface area contributed by atoms with Gasteiger partial charge in [0.1, 0.15) is 0 Å². The molecule has 0 aliphatic heterocycles. The zero-order valence-electron chi connectivity index (χ0n) is 14.0. The van der Waals surface area contributed by atoms with Gasteiger partial charge in [-0.05, 0) is 31.5 Å². The van der Waals surface area contributed by atoms with Crippen LogP contribution in [0.2, 0.25) is 5.02 Å². The Morgan fingerprint density at radius 2 is 1.88 bits per heavy atom. The number of carbonyl (C=O) groups excluding carboxylic acids is 1. The SMILES string of the molecule is CCOc1ccc(Cl)c(C(=O)Nc2cc(OC)c(OC)cc2C)n1. The fraction of sp³-hybridized carbons (Fsp3) is 0.294. The van der Waals surface area contributed by atoms with E-state index < -0.39 is 5.91 Å². The van der Waals surface area contributed by atoms with E-state index in [-0.39, 0.29) is 10.7 Å². The monoisotopic (exact) mass is 350 g/mol. The summed E-state index contributed by atoms with van der Waals surface area (Å²) >= 11 is 6.08. The van der Waals surface area contributed by atoms with Gasteiger partial charge in [-0.15, -0.1) is 0 Å². The van der Waals surface area contributed by atoms with E-state index in [2.05, 4.69) is 10.3 Å². The summed E-state index contributed by atoms with van der Waals surface area (Å²) in [5.41, 5.74) is 1.49. The minimum absolute atomic E-state index is 0.0943. The lowest BCUT2D eigenvalue weighted by atomic mass is 10.1. The summed E-state index contributed by atoms with van der Waals surface area (Å²) in [6.45, 7) is 4.14. The average Bonchev–Trinajstić information content (AvgIpc) is 2.58. The molecule has 2 aromatic rings. The van der Waals surface area contributed by atoms with Crippen molar-refractivity contribution in [1.29, 1.82) is 0 Å². The highest BCUT2D eigenvalue weighted by Gasteiger charge is 2.16. The van der Waals surface area contributed by atoms with Crippen LogP contribution in [0.25, 0.3) is 0 Å². The van der Waals surface area contributed by atoms with Gasteiger partial charge >= 0.3 is 0 Å². The smallest absolute Gasteiger partial charge is 0.275 e.